The summed E-state index contributed by atoms with van der Waals surface area (Å²) < 4.78 is 13.0. The molecule has 2 aromatic heterocycles. The lowest BCUT2D eigenvalue weighted by atomic mass is 10.0. The van der Waals surface area contributed by atoms with Crippen LogP contribution < -0.4 is 19.7 Å². The largest absolute Gasteiger partial charge is 0.494 e. The monoisotopic (exact) mass is 381 g/mol. The van der Waals surface area contributed by atoms with E-state index in [4.69, 9.17) is 9.47 Å². The highest BCUT2D eigenvalue weighted by Gasteiger charge is 2.31. The summed E-state index contributed by atoms with van der Waals surface area (Å²) in [6.07, 6.45) is 4.06. The number of amides is 1. The number of rotatable bonds is 4. The average molecular weight is 381 g/mol. The number of carbonyl (C=O) groups excluding carboxylic acids is 1. The van der Waals surface area contributed by atoms with E-state index in [-0.39, 0.29) is 11.5 Å². The van der Waals surface area contributed by atoms with Crippen LogP contribution in [0.15, 0.2) is 30.6 Å². The second-order valence-electron chi connectivity index (χ2n) is 7.66. The number of carbonyl (C=O) groups is 1. The van der Waals surface area contributed by atoms with Gasteiger partial charge < -0.3 is 19.7 Å². The van der Waals surface area contributed by atoms with Crippen molar-refractivity contribution in [3.63, 3.8) is 0 Å². The van der Waals surface area contributed by atoms with Gasteiger partial charge in [-0.1, -0.05) is 0 Å². The van der Waals surface area contributed by atoms with E-state index in [0.717, 1.165) is 23.6 Å². The highest BCUT2D eigenvalue weighted by atomic mass is 16.5. The quantitative estimate of drug-likeness (QED) is 0.748. The number of aromatic nitrogens is 3. The SMILES string of the molecule is COc1cc2c(cc1NC(=O)c1cnn3ccc(N(C)C)nc13)CC(C)(C)O2. The molecule has 146 valence electrons. The Morgan fingerprint density at radius 2 is 2.14 bits per heavy atom. The molecule has 0 bridgehead atoms. The lowest BCUT2D eigenvalue weighted by molar-refractivity contribution is 0.102. The number of methoxy groups -OCH3 is 1. The zero-order valence-corrected chi connectivity index (χ0v) is 16.6. The van der Waals surface area contributed by atoms with Crippen LogP contribution in [0.4, 0.5) is 11.5 Å². The summed E-state index contributed by atoms with van der Waals surface area (Å²) in [4.78, 5) is 19.4. The number of ether oxygens (including phenoxy) is 2. The molecule has 4 rings (SSSR count). The molecular weight excluding hydrogens is 358 g/mol. The van der Waals surface area contributed by atoms with Crippen LogP contribution in [-0.4, -0.2) is 47.3 Å². The van der Waals surface area contributed by atoms with Crippen LogP contribution in [0, 0.1) is 0 Å². The zero-order valence-electron chi connectivity index (χ0n) is 16.6. The highest BCUT2D eigenvalue weighted by Crippen LogP contribution is 2.41. The van der Waals surface area contributed by atoms with E-state index in [0.29, 0.717) is 22.6 Å². The fraction of sp³-hybridized carbons (Fsp3) is 0.350. The third kappa shape index (κ3) is 3.11. The minimum Gasteiger partial charge on any atom is -0.494 e. The maximum atomic E-state index is 13.0. The summed E-state index contributed by atoms with van der Waals surface area (Å²) in [7, 11) is 5.36. The molecule has 1 N–H and O–H groups in total. The molecule has 1 amide bonds. The first kappa shape index (κ1) is 18.1. The fourth-order valence-electron chi connectivity index (χ4n) is 3.36. The van der Waals surface area contributed by atoms with Gasteiger partial charge in [-0.3, -0.25) is 4.79 Å². The molecule has 0 aliphatic carbocycles. The zero-order chi connectivity index (χ0) is 20.1. The standard InChI is InChI=1S/C20H23N5O3/c1-20(2)10-12-8-14(16(27-5)9-15(12)28-20)22-19(26)13-11-21-25-7-6-17(24(3)4)23-18(13)25/h6-9,11H,10H2,1-5H3,(H,22,26). The van der Waals surface area contributed by atoms with Gasteiger partial charge in [-0.2, -0.15) is 5.10 Å². The van der Waals surface area contributed by atoms with Gasteiger partial charge in [0.25, 0.3) is 5.91 Å². The van der Waals surface area contributed by atoms with E-state index in [2.05, 4.69) is 15.4 Å². The van der Waals surface area contributed by atoms with E-state index in [1.54, 1.807) is 17.8 Å². The Bertz CT molecular complexity index is 1070. The lowest BCUT2D eigenvalue weighted by Crippen LogP contribution is -2.24. The van der Waals surface area contributed by atoms with Crippen molar-refractivity contribution in [2.24, 2.45) is 0 Å². The van der Waals surface area contributed by atoms with E-state index >= 15 is 0 Å². The highest BCUT2D eigenvalue weighted by molar-refractivity contribution is 6.09. The van der Waals surface area contributed by atoms with E-state index in [1.165, 1.54) is 6.20 Å². The van der Waals surface area contributed by atoms with Crippen molar-refractivity contribution in [1.29, 1.82) is 0 Å². The van der Waals surface area contributed by atoms with Crippen LogP contribution in [0.25, 0.3) is 5.65 Å². The first-order valence-corrected chi connectivity index (χ1v) is 9.00. The minimum absolute atomic E-state index is 0.273. The molecule has 0 unspecified atom stereocenters. The molecule has 8 nitrogen and oxygen atoms in total. The predicted octanol–water partition coefficient (Wildman–Crippen LogP) is 2.77. The topological polar surface area (TPSA) is 81.0 Å². The molecule has 0 spiro atoms. The molecule has 1 aliphatic rings. The molecule has 8 heteroatoms. The van der Waals surface area contributed by atoms with Crippen LogP contribution in [0.3, 0.4) is 0 Å². The number of hydrogen-bond acceptors (Lipinski definition) is 6. The summed E-state index contributed by atoms with van der Waals surface area (Å²) in [6.45, 7) is 4.06. The number of nitrogens with one attached hydrogen (secondary N) is 1. The fourth-order valence-corrected chi connectivity index (χ4v) is 3.36. The lowest BCUT2D eigenvalue weighted by Gasteiger charge is -2.17. The van der Waals surface area contributed by atoms with Gasteiger partial charge in [0.05, 0.1) is 19.0 Å². The van der Waals surface area contributed by atoms with Gasteiger partial charge in [0.1, 0.15) is 28.5 Å². The number of benzene rings is 1. The Morgan fingerprint density at radius 3 is 2.86 bits per heavy atom. The molecule has 28 heavy (non-hydrogen) atoms. The van der Waals surface area contributed by atoms with Gasteiger partial charge in [0.2, 0.25) is 0 Å². The Balaban J connectivity index is 1.68. The molecule has 0 radical (unpaired) electrons. The van der Waals surface area contributed by atoms with Crippen LogP contribution in [0.2, 0.25) is 0 Å². The Morgan fingerprint density at radius 1 is 1.36 bits per heavy atom. The number of anilines is 2. The number of nitrogens with zero attached hydrogens (tertiary/aromatic N) is 4. The second kappa shape index (κ2) is 6.40. The summed E-state index contributed by atoms with van der Waals surface area (Å²) in [5.74, 6) is 1.78. The molecule has 1 aliphatic heterocycles. The molecule has 0 atom stereocenters. The van der Waals surface area contributed by atoms with Crippen LogP contribution in [-0.2, 0) is 6.42 Å². The molecule has 1 aromatic carbocycles. The summed E-state index contributed by atoms with van der Waals surface area (Å²) in [5, 5.41) is 7.16. The van der Waals surface area contributed by atoms with Crippen LogP contribution >= 0.6 is 0 Å². The maximum Gasteiger partial charge on any atom is 0.261 e. The second-order valence-corrected chi connectivity index (χ2v) is 7.66. The summed E-state index contributed by atoms with van der Waals surface area (Å²) in [5.41, 5.74) is 2.24. The van der Waals surface area contributed by atoms with Gasteiger partial charge in [0.15, 0.2) is 5.65 Å². The first-order chi connectivity index (χ1) is 13.3. The first-order valence-electron chi connectivity index (χ1n) is 9.00. The molecular formula is C20H23N5O3. The summed E-state index contributed by atoms with van der Waals surface area (Å²) in [6, 6.07) is 5.57. The van der Waals surface area contributed by atoms with Crippen molar-refractivity contribution in [3.05, 3.63) is 41.7 Å². The third-order valence-electron chi connectivity index (χ3n) is 4.69. The number of fused-ring (bicyclic) bond motifs is 2. The third-order valence-corrected chi connectivity index (χ3v) is 4.69. The van der Waals surface area contributed by atoms with Crippen molar-refractivity contribution in [1.82, 2.24) is 14.6 Å². The van der Waals surface area contributed by atoms with E-state index < -0.39 is 0 Å². The molecule has 3 heterocycles. The average Bonchev–Trinajstić information content (AvgIpc) is 3.18. The van der Waals surface area contributed by atoms with E-state index in [9.17, 15) is 4.79 Å². The Hall–Kier alpha value is -3.29. The molecule has 0 saturated heterocycles. The maximum absolute atomic E-state index is 13.0. The minimum atomic E-state index is -0.296. The van der Waals surface area contributed by atoms with Crippen molar-refractivity contribution in [2.45, 2.75) is 25.9 Å². The Kier molecular flexibility index (Phi) is 4.14. The molecule has 0 saturated carbocycles. The van der Waals surface area contributed by atoms with Crippen molar-refractivity contribution >= 4 is 23.1 Å². The van der Waals surface area contributed by atoms with Gasteiger partial charge in [0, 0.05) is 38.3 Å². The van der Waals surface area contributed by atoms with Crippen LogP contribution in [0.5, 0.6) is 11.5 Å². The number of hydrogen-bond donors (Lipinski definition) is 1. The van der Waals surface area contributed by atoms with Gasteiger partial charge in [-0.15, -0.1) is 0 Å². The van der Waals surface area contributed by atoms with Crippen LogP contribution in [0.1, 0.15) is 29.8 Å². The van der Waals surface area contributed by atoms with Gasteiger partial charge >= 0.3 is 0 Å². The molecule has 3 aromatic rings. The van der Waals surface area contributed by atoms with Crippen molar-refractivity contribution < 1.29 is 14.3 Å². The van der Waals surface area contributed by atoms with Gasteiger partial charge in [-0.25, -0.2) is 9.50 Å². The van der Waals surface area contributed by atoms with Crippen molar-refractivity contribution in [3.8, 4) is 11.5 Å². The van der Waals surface area contributed by atoms with Gasteiger partial charge in [-0.05, 0) is 26.0 Å². The summed E-state index contributed by atoms with van der Waals surface area (Å²) >= 11 is 0. The smallest absolute Gasteiger partial charge is 0.261 e. The van der Waals surface area contributed by atoms with E-state index in [1.807, 2.05) is 51.0 Å². The molecule has 0 fully saturated rings. The predicted molar refractivity (Wildman–Crippen MR) is 107 cm³/mol. The van der Waals surface area contributed by atoms with Crippen molar-refractivity contribution in [2.75, 3.05) is 31.4 Å². The Labute approximate surface area is 163 Å². The normalized spacial score (nSPS) is 14.5.